The molecule has 5 heteroatoms. The van der Waals surface area contributed by atoms with Crippen LogP contribution in [0.2, 0.25) is 0 Å². The highest BCUT2D eigenvalue weighted by Gasteiger charge is 2.22. The predicted molar refractivity (Wildman–Crippen MR) is 81.4 cm³/mol. The van der Waals surface area contributed by atoms with E-state index < -0.39 is 0 Å². The normalized spacial score (nSPS) is 19.5. The fraction of sp³-hybridized carbons (Fsp3) is 0.562. The van der Waals surface area contributed by atoms with E-state index in [0.29, 0.717) is 25.7 Å². The molecule has 1 atom stereocenters. The summed E-state index contributed by atoms with van der Waals surface area (Å²) in [6.45, 7) is 8.36. The van der Waals surface area contributed by atoms with Gasteiger partial charge in [0.1, 0.15) is 5.82 Å². The first-order valence-corrected chi connectivity index (χ1v) is 7.57. The summed E-state index contributed by atoms with van der Waals surface area (Å²) in [5.41, 5.74) is 0.832. The average molecular weight is 293 g/mol. The van der Waals surface area contributed by atoms with Crippen molar-refractivity contribution in [1.82, 2.24) is 15.1 Å². The van der Waals surface area contributed by atoms with E-state index in [2.05, 4.69) is 17.1 Å². The Hall–Kier alpha value is -1.46. The number of amides is 1. The number of hydrogen-bond acceptors (Lipinski definition) is 3. The van der Waals surface area contributed by atoms with Crippen molar-refractivity contribution in [3.8, 4) is 0 Å². The molecular formula is C16H24FN3O. The minimum Gasteiger partial charge on any atom is -0.338 e. The smallest absolute Gasteiger partial charge is 0.237 e. The highest BCUT2D eigenvalue weighted by Crippen LogP contribution is 2.09. The number of hydrogen-bond donors (Lipinski definition) is 1. The van der Waals surface area contributed by atoms with E-state index in [4.69, 9.17) is 0 Å². The van der Waals surface area contributed by atoms with Crippen molar-refractivity contribution in [1.29, 1.82) is 0 Å². The molecule has 1 aliphatic heterocycles. The Labute approximate surface area is 125 Å². The number of likely N-dealkylation sites (N-methyl/N-ethyl adjacent to an activating group) is 1. The van der Waals surface area contributed by atoms with E-state index in [-0.39, 0.29) is 11.7 Å². The number of benzene rings is 1. The molecule has 0 spiro atoms. The molecule has 0 aliphatic carbocycles. The molecular weight excluding hydrogens is 269 g/mol. The second-order valence-corrected chi connectivity index (χ2v) is 5.56. The summed E-state index contributed by atoms with van der Waals surface area (Å²) >= 11 is 0. The molecule has 0 radical (unpaired) electrons. The lowest BCUT2D eigenvalue weighted by atomic mass is 10.2. The maximum atomic E-state index is 13.2. The third kappa shape index (κ3) is 4.51. The van der Waals surface area contributed by atoms with E-state index in [1.54, 1.807) is 11.0 Å². The van der Waals surface area contributed by atoms with Crippen LogP contribution < -0.4 is 5.32 Å². The third-order valence-corrected chi connectivity index (χ3v) is 3.97. The number of nitrogens with zero attached hydrogens (tertiary/aromatic N) is 2. The summed E-state index contributed by atoms with van der Waals surface area (Å²) in [5, 5.41) is 3.32. The standard InChI is InChI=1S/C16H24FN3O/c1-3-19(11-14-5-4-6-15(17)9-14)16(21)12-20-8-7-18-10-13(20)2/h4-6,9,13,18H,3,7-8,10-12H2,1-2H3/t13-/m0/s1. The van der Waals surface area contributed by atoms with Crippen LogP contribution in [0, 0.1) is 5.82 Å². The topological polar surface area (TPSA) is 35.6 Å². The van der Waals surface area contributed by atoms with Crippen molar-refractivity contribution in [2.45, 2.75) is 26.4 Å². The number of carbonyl (C=O) groups is 1. The highest BCUT2D eigenvalue weighted by molar-refractivity contribution is 5.78. The summed E-state index contributed by atoms with van der Waals surface area (Å²) in [7, 11) is 0. The molecule has 0 unspecified atom stereocenters. The van der Waals surface area contributed by atoms with Crippen LogP contribution in [0.3, 0.4) is 0 Å². The van der Waals surface area contributed by atoms with E-state index in [1.807, 2.05) is 13.0 Å². The Morgan fingerprint density at radius 2 is 2.33 bits per heavy atom. The van der Waals surface area contributed by atoms with Gasteiger partial charge in [-0.3, -0.25) is 9.69 Å². The van der Waals surface area contributed by atoms with Crippen LogP contribution in [0.1, 0.15) is 19.4 Å². The number of carbonyl (C=O) groups excluding carboxylic acids is 1. The number of nitrogens with one attached hydrogen (secondary N) is 1. The van der Waals surface area contributed by atoms with Gasteiger partial charge < -0.3 is 10.2 Å². The van der Waals surface area contributed by atoms with E-state index >= 15 is 0 Å². The second kappa shape index (κ2) is 7.52. The summed E-state index contributed by atoms with van der Waals surface area (Å²) in [6, 6.07) is 6.82. The van der Waals surface area contributed by atoms with Crippen molar-refractivity contribution in [3.63, 3.8) is 0 Å². The molecule has 0 bridgehead atoms. The molecule has 0 saturated carbocycles. The molecule has 2 rings (SSSR count). The van der Waals surface area contributed by atoms with Crippen molar-refractivity contribution >= 4 is 5.91 Å². The zero-order valence-corrected chi connectivity index (χ0v) is 12.8. The summed E-state index contributed by atoms with van der Waals surface area (Å²) in [6.07, 6.45) is 0. The fourth-order valence-electron chi connectivity index (χ4n) is 2.62. The lowest BCUT2D eigenvalue weighted by molar-refractivity contribution is -0.133. The van der Waals surface area contributed by atoms with Crippen LogP contribution in [-0.4, -0.2) is 54.5 Å². The molecule has 1 fully saturated rings. The molecule has 1 aliphatic rings. The molecule has 1 N–H and O–H groups in total. The largest absolute Gasteiger partial charge is 0.338 e. The van der Waals surface area contributed by atoms with Gasteiger partial charge in [0.05, 0.1) is 6.54 Å². The van der Waals surface area contributed by atoms with Gasteiger partial charge in [-0.05, 0) is 31.5 Å². The van der Waals surface area contributed by atoms with Crippen molar-refractivity contribution in [2.75, 3.05) is 32.7 Å². The Kier molecular flexibility index (Phi) is 5.70. The van der Waals surface area contributed by atoms with Crippen LogP contribution in [0.5, 0.6) is 0 Å². The van der Waals surface area contributed by atoms with Gasteiger partial charge in [0.2, 0.25) is 5.91 Å². The summed E-state index contributed by atoms with van der Waals surface area (Å²) in [5.74, 6) is -0.151. The van der Waals surface area contributed by atoms with Crippen LogP contribution in [-0.2, 0) is 11.3 Å². The quantitative estimate of drug-likeness (QED) is 0.893. The van der Waals surface area contributed by atoms with Gasteiger partial charge in [-0.25, -0.2) is 4.39 Å². The van der Waals surface area contributed by atoms with Crippen molar-refractivity contribution < 1.29 is 9.18 Å². The number of rotatable bonds is 5. The molecule has 1 aromatic carbocycles. The Balaban J connectivity index is 1.95. The van der Waals surface area contributed by atoms with Gasteiger partial charge >= 0.3 is 0 Å². The van der Waals surface area contributed by atoms with Gasteiger partial charge in [0, 0.05) is 38.8 Å². The molecule has 1 heterocycles. The predicted octanol–water partition coefficient (Wildman–Crippen LogP) is 1.47. The average Bonchev–Trinajstić information content (AvgIpc) is 2.47. The van der Waals surface area contributed by atoms with Crippen molar-refractivity contribution in [2.24, 2.45) is 0 Å². The van der Waals surface area contributed by atoms with Gasteiger partial charge in [0.25, 0.3) is 0 Å². The maximum absolute atomic E-state index is 13.2. The van der Waals surface area contributed by atoms with Gasteiger partial charge in [-0.1, -0.05) is 12.1 Å². The molecule has 116 valence electrons. The Bertz CT molecular complexity index is 480. The summed E-state index contributed by atoms with van der Waals surface area (Å²) < 4.78 is 13.2. The van der Waals surface area contributed by atoms with Crippen LogP contribution in [0.25, 0.3) is 0 Å². The molecule has 1 amide bonds. The summed E-state index contributed by atoms with van der Waals surface area (Å²) in [4.78, 5) is 16.4. The SMILES string of the molecule is CCN(Cc1cccc(F)c1)C(=O)CN1CCNC[C@@H]1C. The zero-order valence-electron chi connectivity index (χ0n) is 12.8. The van der Waals surface area contributed by atoms with Gasteiger partial charge in [-0.15, -0.1) is 0 Å². The van der Waals surface area contributed by atoms with Gasteiger partial charge in [-0.2, -0.15) is 0 Å². The first kappa shape index (κ1) is 15.9. The third-order valence-electron chi connectivity index (χ3n) is 3.97. The number of halogens is 1. The second-order valence-electron chi connectivity index (χ2n) is 5.56. The molecule has 0 aromatic heterocycles. The number of piperazine rings is 1. The molecule has 1 saturated heterocycles. The van der Waals surface area contributed by atoms with E-state index in [1.165, 1.54) is 12.1 Å². The van der Waals surface area contributed by atoms with Crippen LogP contribution in [0.4, 0.5) is 4.39 Å². The molecule has 1 aromatic rings. The van der Waals surface area contributed by atoms with Crippen LogP contribution in [0.15, 0.2) is 24.3 Å². The minimum atomic E-state index is -0.258. The molecule has 21 heavy (non-hydrogen) atoms. The Morgan fingerprint density at radius 1 is 1.52 bits per heavy atom. The lowest BCUT2D eigenvalue weighted by Crippen LogP contribution is -2.53. The zero-order chi connectivity index (χ0) is 15.2. The first-order valence-electron chi connectivity index (χ1n) is 7.57. The van der Waals surface area contributed by atoms with E-state index in [9.17, 15) is 9.18 Å². The van der Waals surface area contributed by atoms with Crippen molar-refractivity contribution in [3.05, 3.63) is 35.6 Å². The Morgan fingerprint density at radius 3 is 3.00 bits per heavy atom. The maximum Gasteiger partial charge on any atom is 0.237 e. The minimum absolute atomic E-state index is 0.107. The monoisotopic (exact) mass is 293 g/mol. The lowest BCUT2D eigenvalue weighted by Gasteiger charge is -2.34. The van der Waals surface area contributed by atoms with E-state index in [0.717, 1.165) is 25.2 Å². The first-order chi connectivity index (χ1) is 10.1. The fourth-order valence-corrected chi connectivity index (χ4v) is 2.62. The van der Waals surface area contributed by atoms with Crippen LogP contribution >= 0.6 is 0 Å². The molecule has 4 nitrogen and oxygen atoms in total. The highest BCUT2D eigenvalue weighted by atomic mass is 19.1. The van der Waals surface area contributed by atoms with Gasteiger partial charge in [0.15, 0.2) is 0 Å².